The Hall–Kier alpha value is -1.35. The third-order valence-corrected chi connectivity index (χ3v) is 4.02. The van der Waals surface area contributed by atoms with Crippen molar-refractivity contribution in [2.45, 2.75) is 26.7 Å². The molecule has 1 aromatic heterocycles. The minimum absolute atomic E-state index is 0. The van der Waals surface area contributed by atoms with E-state index in [1.807, 2.05) is 12.3 Å². The van der Waals surface area contributed by atoms with Crippen LogP contribution in [0.3, 0.4) is 0 Å². The molecule has 0 saturated carbocycles. The Labute approximate surface area is 172 Å². The van der Waals surface area contributed by atoms with E-state index in [2.05, 4.69) is 34.5 Å². The number of fused-ring (bicyclic) bond motifs is 1. The zero-order valence-corrected chi connectivity index (χ0v) is 18.1. The first-order valence-electron chi connectivity index (χ1n) is 8.88. The summed E-state index contributed by atoms with van der Waals surface area (Å²) < 4.78 is 18.8. The molecule has 0 bridgehead atoms. The molecule has 0 atom stereocenters. The zero-order chi connectivity index (χ0) is 18.1. The SMILES string of the molecule is CN=C(NCCOCCC(C)C)NCCc1c[nH]c2cc(F)ccc12.I. The summed E-state index contributed by atoms with van der Waals surface area (Å²) in [4.78, 5) is 7.32. The number of nitrogens with one attached hydrogen (secondary N) is 3. The van der Waals surface area contributed by atoms with Gasteiger partial charge in [-0.05, 0) is 42.5 Å². The average Bonchev–Trinajstić information content (AvgIpc) is 2.98. The molecule has 0 radical (unpaired) electrons. The largest absolute Gasteiger partial charge is 0.380 e. The summed E-state index contributed by atoms with van der Waals surface area (Å²) >= 11 is 0. The molecule has 0 unspecified atom stereocenters. The van der Waals surface area contributed by atoms with Gasteiger partial charge < -0.3 is 20.4 Å². The van der Waals surface area contributed by atoms with Gasteiger partial charge in [0.1, 0.15) is 5.82 Å². The standard InChI is InChI=1S/C19H29FN4O.HI/c1-14(2)7-10-25-11-9-23-19(21-3)22-8-6-15-13-24-18-12-16(20)4-5-17(15)18;/h4-5,12-14,24H,6-11H2,1-3H3,(H2,21,22,23);1H. The number of H-pyrrole nitrogens is 1. The Morgan fingerprint density at radius 1 is 1.23 bits per heavy atom. The van der Waals surface area contributed by atoms with E-state index in [1.165, 1.54) is 12.1 Å². The van der Waals surface area contributed by atoms with E-state index < -0.39 is 0 Å². The summed E-state index contributed by atoms with van der Waals surface area (Å²) in [6.07, 6.45) is 3.85. The molecule has 0 saturated heterocycles. The monoisotopic (exact) mass is 476 g/mol. The average molecular weight is 476 g/mol. The first-order chi connectivity index (χ1) is 12.1. The van der Waals surface area contributed by atoms with Crippen molar-refractivity contribution in [2.75, 3.05) is 33.4 Å². The van der Waals surface area contributed by atoms with Gasteiger partial charge in [-0.15, -0.1) is 24.0 Å². The van der Waals surface area contributed by atoms with Gasteiger partial charge in [0, 0.05) is 43.8 Å². The van der Waals surface area contributed by atoms with Crippen LogP contribution >= 0.6 is 24.0 Å². The Bertz CT molecular complexity index is 687. The predicted molar refractivity (Wildman–Crippen MR) is 117 cm³/mol. The number of guanidine groups is 1. The molecule has 7 heteroatoms. The summed E-state index contributed by atoms with van der Waals surface area (Å²) in [5.41, 5.74) is 1.99. The highest BCUT2D eigenvalue weighted by Gasteiger charge is 2.05. The lowest BCUT2D eigenvalue weighted by molar-refractivity contribution is 0.128. The molecule has 3 N–H and O–H groups in total. The minimum Gasteiger partial charge on any atom is -0.380 e. The third-order valence-electron chi connectivity index (χ3n) is 4.02. The fraction of sp³-hybridized carbons (Fsp3) is 0.526. The van der Waals surface area contributed by atoms with Gasteiger partial charge in [0.2, 0.25) is 0 Å². The van der Waals surface area contributed by atoms with Crippen LogP contribution in [-0.2, 0) is 11.2 Å². The molecule has 0 amide bonds. The van der Waals surface area contributed by atoms with Crippen molar-refractivity contribution in [2.24, 2.45) is 10.9 Å². The van der Waals surface area contributed by atoms with E-state index >= 15 is 0 Å². The lowest BCUT2D eigenvalue weighted by atomic mass is 10.1. The second kappa shape index (κ2) is 12.1. The topological polar surface area (TPSA) is 61.4 Å². The molecule has 0 aliphatic rings. The van der Waals surface area contributed by atoms with Crippen LogP contribution in [0.15, 0.2) is 29.4 Å². The number of rotatable bonds is 9. The molecule has 1 aromatic carbocycles. The maximum Gasteiger partial charge on any atom is 0.191 e. The lowest BCUT2D eigenvalue weighted by Crippen LogP contribution is -2.39. The highest BCUT2D eigenvalue weighted by atomic mass is 127. The molecule has 146 valence electrons. The third kappa shape index (κ3) is 7.49. The van der Waals surface area contributed by atoms with E-state index in [0.717, 1.165) is 55.0 Å². The van der Waals surface area contributed by atoms with Gasteiger partial charge >= 0.3 is 0 Å². The van der Waals surface area contributed by atoms with Gasteiger partial charge in [0.25, 0.3) is 0 Å². The van der Waals surface area contributed by atoms with Crippen LogP contribution in [0, 0.1) is 11.7 Å². The zero-order valence-electron chi connectivity index (χ0n) is 15.8. The van der Waals surface area contributed by atoms with Gasteiger partial charge in [-0.1, -0.05) is 13.8 Å². The second-order valence-electron chi connectivity index (χ2n) is 6.47. The summed E-state index contributed by atoms with van der Waals surface area (Å²) in [6.45, 7) is 7.32. The summed E-state index contributed by atoms with van der Waals surface area (Å²) in [7, 11) is 1.75. The number of halogens is 2. The number of hydrogen-bond donors (Lipinski definition) is 3. The highest BCUT2D eigenvalue weighted by Crippen LogP contribution is 2.19. The first-order valence-corrected chi connectivity index (χ1v) is 8.88. The second-order valence-corrected chi connectivity index (χ2v) is 6.47. The number of aliphatic imine (C=N–C) groups is 1. The molecular formula is C19H30FIN4O. The molecule has 2 rings (SSSR count). The van der Waals surface area contributed by atoms with Crippen LogP contribution in [0.5, 0.6) is 0 Å². The number of hydrogen-bond acceptors (Lipinski definition) is 2. The van der Waals surface area contributed by atoms with Crippen LogP contribution in [0.1, 0.15) is 25.8 Å². The molecule has 5 nitrogen and oxygen atoms in total. The predicted octanol–water partition coefficient (Wildman–Crippen LogP) is 3.70. The maximum absolute atomic E-state index is 13.2. The first kappa shape index (κ1) is 22.7. The van der Waals surface area contributed by atoms with E-state index in [-0.39, 0.29) is 29.8 Å². The highest BCUT2D eigenvalue weighted by molar-refractivity contribution is 14.0. The van der Waals surface area contributed by atoms with Crippen LogP contribution in [-0.4, -0.2) is 44.3 Å². The molecule has 0 fully saturated rings. The van der Waals surface area contributed by atoms with Gasteiger partial charge in [0.15, 0.2) is 5.96 Å². The fourth-order valence-electron chi connectivity index (χ4n) is 2.56. The normalized spacial score (nSPS) is 11.7. The molecule has 0 aliphatic heterocycles. The van der Waals surface area contributed by atoms with Crippen molar-refractivity contribution in [3.05, 3.63) is 35.8 Å². The van der Waals surface area contributed by atoms with Gasteiger partial charge in [-0.25, -0.2) is 4.39 Å². The van der Waals surface area contributed by atoms with Crippen LogP contribution in [0.4, 0.5) is 4.39 Å². The van der Waals surface area contributed by atoms with Gasteiger partial charge in [-0.2, -0.15) is 0 Å². The van der Waals surface area contributed by atoms with E-state index in [4.69, 9.17) is 4.74 Å². The Balaban J connectivity index is 0.00000338. The lowest BCUT2D eigenvalue weighted by Gasteiger charge is -2.12. The number of aromatic nitrogens is 1. The Morgan fingerprint density at radius 3 is 2.73 bits per heavy atom. The maximum atomic E-state index is 13.2. The van der Waals surface area contributed by atoms with Crippen LogP contribution < -0.4 is 10.6 Å². The van der Waals surface area contributed by atoms with Crippen molar-refractivity contribution in [3.8, 4) is 0 Å². The number of benzene rings is 1. The molecule has 1 heterocycles. The minimum atomic E-state index is -0.223. The quantitative estimate of drug-likeness (QED) is 0.224. The number of nitrogens with zero attached hydrogens (tertiary/aromatic N) is 1. The summed E-state index contributed by atoms with van der Waals surface area (Å²) in [5.74, 6) is 1.21. The number of aromatic amines is 1. The molecule has 2 aromatic rings. The smallest absolute Gasteiger partial charge is 0.191 e. The molecule has 0 spiro atoms. The van der Waals surface area contributed by atoms with Crippen molar-refractivity contribution in [1.82, 2.24) is 15.6 Å². The van der Waals surface area contributed by atoms with Crippen molar-refractivity contribution < 1.29 is 9.13 Å². The molecule has 26 heavy (non-hydrogen) atoms. The van der Waals surface area contributed by atoms with Crippen LogP contribution in [0.25, 0.3) is 10.9 Å². The fourth-order valence-corrected chi connectivity index (χ4v) is 2.56. The van der Waals surface area contributed by atoms with E-state index in [1.54, 1.807) is 7.05 Å². The van der Waals surface area contributed by atoms with Gasteiger partial charge in [-0.3, -0.25) is 4.99 Å². The molecule has 0 aliphatic carbocycles. The molecular weight excluding hydrogens is 446 g/mol. The van der Waals surface area contributed by atoms with E-state index in [9.17, 15) is 4.39 Å². The summed E-state index contributed by atoms with van der Waals surface area (Å²) in [6, 6.07) is 4.83. The van der Waals surface area contributed by atoms with E-state index in [0.29, 0.717) is 12.5 Å². The van der Waals surface area contributed by atoms with Crippen molar-refractivity contribution >= 4 is 40.8 Å². The van der Waals surface area contributed by atoms with Gasteiger partial charge in [0.05, 0.1) is 6.61 Å². The summed E-state index contributed by atoms with van der Waals surface area (Å²) in [5, 5.41) is 7.59. The van der Waals surface area contributed by atoms with Crippen molar-refractivity contribution in [3.63, 3.8) is 0 Å². The van der Waals surface area contributed by atoms with Crippen LogP contribution in [0.2, 0.25) is 0 Å². The number of ether oxygens (including phenoxy) is 1. The van der Waals surface area contributed by atoms with Crippen molar-refractivity contribution in [1.29, 1.82) is 0 Å². The Morgan fingerprint density at radius 2 is 2.00 bits per heavy atom. The Kier molecular flexibility index (Phi) is 10.6.